The molecule has 0 unspecified atom stereocenters. The van der Waals surface area contributed by atoms with Crippen LogP contribution in [-0.4, -0.2) is 32.8 Å². The highest BCUT2D eigenvalue weighted by Crippen LogP contribution is 2.31. The summed E-state index contributed by atoms with van der Waals surface area (Å²) >= 11 is 2.55. The maximum Gasteiger partial charge on any atom is 0.349 e. The minimum Gasteiger partial charge on any atom is -0.465 e. The van der Waals surface area contributed by atoms with Crippen molar-refractivity contribution >= 4 is 38.7 Å². The van der Waals surface area contributed by atoms with Crippen LogP contribution in [0.5, 0.6) is 0 Å². The molecule has 0 bridgehead atoms. The van der Waals surface area contributed by atoms with E-state index in [9.17, 15) is 13.2 Å². The van der Waals surface area contributed by atoms with E-state index >= 15 is 0 Å². The van der Waals surface area contributed by atoms with Crippen LogP contribution in [-0.2, 0) is 14.8 Å². The number of carbonyl (C=O) groups excluding carboxylic acids is 1. The van der Waals surface area contributed by atoms with Gasteiger partial charge < -0.3 is 4.74 Å². The zero-order chi connectivity index (χ0) is 15.6. The lowest BCUT2D eigenvalue weighted by molar-refractivity contribution is 0.0602. The number of esters is 1. The molecule has 2 aromatic rings. The molecule has 2 heterocycles. The van der Waals surface area contributed by atoms with Crippen molar-refractivity contribution in [2.45, 2.75) is 17.9 Å². The Morgan fingerprint density at radius 2 is 2.00 bits per heavy atom. The second kappa shape index (κ2) is 6.27. The van der Waals surface area contributed by atoms with E-state index in [-0.39, 0.29) is 15.8 Å². The van der Waals surface area contributed by atoms with Gasteiger partial charge in [-0.1, -0.05) is 6.07 Å². The van der Waals surface area contributed by atoms with Crippen molar-refractivity contribution in [1.82, 2.24) is 4.31 Å². The molecular weight excluding hydrogens is 330 g/mol. The Hall–Kier alpha value is -1.22. The van der Waals surface area contributed by atoms with Gasteiger partial charge in [-0.2, -0.15) is 4.31 Å². The number of ether oxygens (including phenoxy) is 1. The van der Waals surface area contributed by atoms with Crippen molar-refractivity contribution < 1.29 is 17.9 Å². The molecule has 0 aliphatic carbocycles. The quantitative estimate of drug-likeness (QED) is 0.782. The molecular formula is C13H15NO4S3. The Balaban J connectivity index is 2.38. The first-order chi connectivity index (χ1) is 9.89. The minimum atomic E-state index is -3.76. The van der Waals surface area contributed by atoms with Crippen LogP contribution in [0, 0.1) is 0 Å². The van der Waals surface area contributed by atoms with Gasteiger partial charge >= 0.3 is 5.97 Å². The topological polar surface area (TPSA) is 63.7 Å². The van der Waals surface area contributed by atoms with Gasteiger partial charge in [-0.25, -0.2) is 13.2 Å². The number of thiophene rings is 2. The van der Waals surface area contributed by atoms with Gasteiger partial charge in [0, 0.05) is 11.9 Å². The second-order valence-corrected chi connectivity index (χ2v) is 8.18. The minimum absolute atomic E-state index is 0.00902. The van der Waals surface area contributed by atoms with E-state index in [4.69, 9.17) is 0 Å². The molecule has 0 amide bonds. The molecule has 1 atom stereocenters. The lowest BCUT2D eigenvalue weighted by atomic mass is 10.3. The third kappa shape index (κ3) is 3.03. The molecule has 2 rings (SSSR count). The first-order valence-electron chi connectivity index (χ1n) is 6.06. The first-order valence-corrected chi connectivity index (χ1v) is 9.26. The zero-order valence-corrected chi connectivity index (χ0v) is 14.2. The van der Waals surface area contributed by atoms with Gasteiger partial charge in [0.25, 0.3) is 0 Å². The van der Waals surface area contributed by atoms with E-state index in [1.807, 2.05) is 24.4 Å². The molecule has 0 fully saturated rings. The molecule has 0 saturated carbocycles. The van der Waals surface area contributed by atoms with Gasteiger partial charge in [0.05, 0.1) is 13.2 Å². The Bertz CT molecular complexity index is 718. The van der Waals surface area contributed by atoms with Gasteiger partial charge in [0.1, 0.15) is 9.77 Å². The Morgan fingerprint density at radius 1 is 1.29 bits per heavy atom. The van der Waals surface area contributed by atoms with Crippen LogP contribution in [0.3, 0.4) is 0 Å². The van der Waals surface area contributed by atoms with Crippen molar-refractivity contribution in [3.63, 3.8) is 0 Å². The molecule has 0 spiro atoms. The van der Waals surface area contributed by atoms with Crippen LogP contribution < -0.4 is 0 Å². The molecule has 21 heavy (non-hydrogen) atoms. The molecule has 0 aliphatic rings. The average Bonchev–Trinajstić information content (AvgIpc) is 3.15. The third-order valence-corrected chi connectivity index (χ3v) is 7.19. The maximum atomic E-state index is 12.7. The van der Waals surface area contributed by atoms with Gasteiger partial charge in [-0.05, 0) is 29.8 Å². The predicted molar refractivity (Wildman–Crippen MR) is 83.3 cm³/mol. The summed E-state index contributed by atoms with van der Waals surface area (Å²) in [5, 5.41) is 3.47. The Kier molecular flexibility index (Phi) is 4.82. The smallest absolute Gasteiger partial charge is 0.349 e. The summed E-state index contributed by atoms with van der Waals surface area (Å²) < 4.78 is 31.3. The number of hydrogen-bond donors (Lipinski definition) is 0. The summed E-state index contributed by atoms with van der Waals surface area (Å²) in [6, 6.07) is 4.89. The molecule has 0 aliphatic heterocycles. The van der Waals surface area contributed by atoms with Crippen LogP contribution in [0.1, 0.15) is 27.5 Å². The number of carbonyl (C=O) groups is 1. The zero-order valence-electron chi connectivity index (χ0n) is 11.8. The Morgan fingerprint density at radius 3 is 2.57 bits per heavy atom. The van der Waals surface area contributed by atoms with E-state index in [0.29, 0.717) is 0 Å². The molecule has 0 radical (unpaired) electrons. The average molecular weight is 345 g/mol. The highest BCUT2D eigenvalue weighted by molar-refractivity contribution is 7.89. The fraction of sp³-hybridized carbons (Fsp3) is 0.308. The summed E-state index contributed by atoms with van der Waals surface area (Å²) in [5.74, 6) is -0.638. The summed E-state index contributed by atoms with van der Waals surface area (Å²) in [6.45, 7) is 1.81. The van der Waals surface area contributed by atoms with E-state index in [1.54, 1.807) is 5.38 Å². The fourth-order valence-corrected chi connectivity index (χ4v) is 5.35. The van der Waals surface area contributed by atoms with Crippen LogP contribution in [0.25, 0.3) is 0 Å². The molecule has 2 aromatic heterocycles. The summed E-state index contributed by atoms with van der Waals surface area (Å²) in [4.78, 5) is 12.7. The van der Waals surface area contributed by atoms with Crippen molar-refractivity contribution in [3.05, 3.63) is 38.7 Å². The van der Waals surface area contributed by atoms with Crippen molar-refractivity contribution in [1.29, 1.82) is 0 Å². The molecule has 0 saturated heterocycles. The summed E-state index contributed by atoms with van der Waals surface area (Å²) in [5.41, 5.74) is 0. The lowest BCUT2D eigenvalue weighted by Crippen LogP contribution is -2.30. The summed E-state index contributed by atoms with van der Waals surface area (Å²) in [7, 11) is -1.01. The highest BCUT2D eigenvalue weighted by Gasteiger charge is 2.31. The highest BCUT2D eigenvalue weighted by atomic mass is 32.2. The van der Waals surface area contributed by atoms with Crippen molar-refractivity contribution in [2.75, 3.05) is 14.2 Å². The Labute approximate surface area is 131 Å². The van der Waals surface area contributed by atoms with Crippen molar-refractivity contribution in [3.8, 4) is 0 Å². The number of methoxy groups -OCH3 is 1. The van der Waals surface area contributed by atoms with Gasteiger partial charge in [-0.15, -0.1) is 22.7 Å². The van der Waals surface area contributed by atoms with Gasteiger partial charge in [-0.3, -0.25) is 0 Å². The lowest BCUT2D eigenvalue weighted by Gasteiger charge is -2.23. The van der Waals surface area contributed by atoms with E-state index in [2.05, 4.69) is 4.74 Å². The van der Waals surface area contributed by atoms with E-state index in [0.717, 1.165) is 16.2 Å². The maximum absolute atomic E-state index is 12.7. The molecule has 0 aromatic carbocycles. The molecule has 5 nitrogen and oxygen atoms in total. The van der Waals surface area contributed by atoms with Gasteiger partial charge in [0.15, 0.2) is 0 Å². The first kappa shape index (κ1) is 16.2. The molecule has 0 N–H and O–H groups in total. The number of sulfonamides is 1. The van der Waals surface area contributed by atoms with Gasteiger partial charge in [0.2, 0.25) is 10.0 Å². The number of rotatable bonds is 5. The SMILES string of the molecule is COC(=O)c1sccc1S(=O)(=O)N(C)[C@@H](C)c1cccs1. The monoisotopic (exact) mass is 345 g/mol. The summed E-state index contributed by atoms with van der Waals surface area (Å²) in [6.07, 6.45) is 0. The third-order valence-electron chi connectivity index (χ3n) is 3.16. The molecule has 114 valence electrons. The van der Waals surface area contributed by atoms with E-state index < -0.39 is 16.0 Å². The van der Waals surface area contributed by atoms with Crippen LogP contribution >= 0.6 is 22.7 Å². The normalized spacial score (nSPS) is 13.3. The largest absolute Gasteiger partial charge is 0.465 e. The standard InChI is InChI=1S/C13H15NO4S3/c1-9(10-5-4-7-19-10)14(2)21(16,17)11-6-8-20-12(11)13(15)18-3/h4-9H,1-3H3/t9-/m0/s1. The molecule has 8 heteroatoms. The van der Waals surface area contributed by atoms with Crippen molar-refractivity contribution in [2.24, 2.45) is 0 Å². The van der Waals surface area contributed by atoms with Crippen LogP contribution in [0.4, 0.5) is 0 Å². The predicted octanol–water partition coefficient (Wildman–Crippen LogP) is 2.98. The van der Waals surface area contributed by atoms with E-state index in [1.165, 1.54) is 35.9 Å². The second-order valence-electron chi connectivity index (χ2n) is 4.32. The number of hydrogen-bond acceptors (Lipinski definition) is 6. The fourth-order valence-electron chi connectivity index (χ4n) is 1.81. The van der Waals surface area contributed by atoms with Crippen LogP contribution in [0.2, 0.25) is 0 Å². The number of nitrogens with zero attached hydrogens (tertiary/aromatic N) is 1. The van der Waals surface area contributed by atoms with Crippen LogP contribution in [0.15, 0.2) is 33.9 Å².